The molecule has 6 heteroatoms. The molecule has 0 bridgehead atoms. The maximum Gasteiger partial charge on any atom is 0.329 e. The monoisotopic (exact) mass is 264 g/mol. The second-order valence-electron chi connectivity index (χ2n) is 5.03. The fraction of sp³-hybridized carbons (Fsp3) is 0.462. The number of pyridine rings is 1. The van der Waals surface area contributed by atoms with Gasteiger partial charge in [-0.05, 0) is 26.7 Å². The number of aromatic nitrogens is 1. The Labute approximate surface area is 110 Å². The molecule has 0 spiro atoms. The van der Waals surface area contributed by atoms with Gasteiger partial charge in [-0.2, -0.15) is 0 Å². The van der Waals surface area contributed by atoms with Crippen LogP contribution in [0.5, 0.6) is 0 Å². The van der Waals surface area contributed by atoms with Gasteiger partial charge in [0, 0.05) is 24.5 Å². The molecule has 0 aliphatic carbocycles. The molecule has 1 saturated heterocycles. The molecule has 6 nitrogen and oxygen atoms in total. The minimum Gasteiger partial charge on any atom is -0.480 e. The molecule has 0 saturated carbocycles. The van der Waals surface area contributed by atoms with Crippen molar-refractivity contribution in [2.24, 2.45) is 0 Å². The third-order valence-electron chi connectivity index (χ3n) is 3.63. The Morgan fingerprint density at radius 3 is 2.74 bits per heavy atom. The molecular weight excluding hydrogens is 248 g/mol. The van der Waals surface area contributed by atoms with Crippen molar-refractivity contribution in [3.63, 3.8) is 0 Å². The van der Waals surface area contributed by atoms with Gasteiger partial charge in [-0.15, -0.1) is 0 Å². The van der Waals surface area contributed by atoms with Crippen molar-refractivity contribution >= 4 is 11.9 Å². The summed E-state index contributed by atoms with van der Waals surface area (Å²) in [6.07, 6.45) is 2.37. The summed E-state index contributed by atoms with van der Waals surface area (Å²) in [5.41, 5.74) is -0.973. The molecule has 0 radical (unpaired) electrons. The van der Waals surface area contributed by atoms with E-state index >= 15 is 0 Å². The lowest BCUT2D eigenvalue weighted by Gasteiger charge is -2.31. The molecule has 1 fully saturated rings. The number of aromatic amines is 1. The Bertz CT molecular complexity index is 593. The molecule has 1 unspecified atom stereocenters. The Balaban J connectivity index is 2.39. The van der Waals surface area contributed by atoms with E-state index in [1.807, 2.05) is 0 Å². The van der Waals surface area contributed by atoms with E-state index in [1.54, 1.807) is 6.92 Å². The molecule has 102 valence electrons. The maximum absolute atomic E-state index is 12.3. The third kappa shape index (κ3) is 2.14. The summed E-state index contributed by atoms with van der Waals surface area (Å²) in [6, 6.07) is 1.33. The Morgan fingerprint density at radius 2 is 2.16 bits per heavy atom. The second-order valence-corrected chi connectivity index (χ2v) is 5.03. The number of aliphatic carboxylic acids is 1. The zero-order valence-corrected chi connectivity index (χ0v) is 10.9. The van der Waals surface area contributed by atoms with Gasteiger partial charge >= 0.3 is 5.97 Å². The van der Waals surface area contributed by atoms with Gasteiger partial charge in [0.15, 0.2) is 5.43 Å². The van der Waals surface area contributed by atoms with E-state index in [0.29, 0.717) is 25.1 Å². The van der Waals surface area contributed by atoms with Crippen LogP contribution < -0.4 is 5.43 Å². The fourth-order valence-electron chi connectivity index (χ4n) is 2.40. The number of aryl methyl sites for hydroxylation is 1. The first kappa shape index (κ1) is 13.3. The van der Waals surface area contributed by atoms with Crippen LogP contribution in [0.4, 0.5) is 0 Å². The van der Waals surface area contributed by atoms with Gasteiger partial charge in [0.05, 0.1) is 0 Å². The molecule has 2 heterocycles. The quantitative estimate of drug-likeness (QED) is 0.825. The highest BCUT2D eigenvalue weighted by Gasteiger charge is 2.46. The first-order valence-corrected chi connectivity index (χ1v) is 6.11. The van der Waals surface area contributed by atoms with Crippen molar-refractivity contribution in [1.29, 1.82) is 0 Å². The van der Waals surface area contributed by atoms with Gasteiger partial charge < -0.3 is 15.0 Å². The van der Waals surface area contributed by atoms with Crippen molar-refractivity contribution in [2.75, 3.05) is 6.54 Å². The van der Waals surface area contributed by atoms with Crippen molar-refractivity contribution in [3.8, 4) is 0 Å². The minimum absolute atomic E-state index is 0.0139. The van der Waals surface area contributed by atoms with Crippen molar-refractivity contribution in [2.45, 2.75) is 32.2 Å². The highest BCUT2D eigenvalue weighted by atomic mass is 16.4. The summed E-state index contributed by atoms with van der Waals surface area (Å²) in [5, 5.41) is 9.27. The standard InChI is InChI=1S/C13H16N2O4/c1-8-6-10(16)9(7-14-8)11(17)15-5-3-4-13(15,2)12(18)19/h6-7H,3-5H2,1-2H3,(H,14,16)(H,18,19). The van der Waals surface area contributed by atoms with Crippen LogP contribution in [0.15, 0.2) is 17.1 Å². The number of likely N-dealkylation sites (tertiary alicyclic amines) is 1. The van der Waals surface area contributed by atoms with E-state index in [4.69, 9.17) is 0 Å². The molecule has 1 aliphatic rings. The fourth-order valence-corrected chi connectivity index (χ4v) is 2.40. The Hall–Kier alpha value is -2.11. The number of nitrogens with one attached hydrogen (secondary N) is 1. The molecule has 2 rings (SSSR count). The predicted octanol–water partition coefficient (Wildman–Crippen LogP) is 0.763. The van der Waals surface area contributed by atoms with E-state index in [2.05, 4.69) is 4.98 Å². The highest BCUT2D eigenvalue weighted by Crippen LogP contribution is 2.30. The van der Waals surface area contributed by atoms with Crippen LogP contribution in [0.1, 0.15) is 35.8 Å². The molecular formula is C13H16N2O4. The summed E-state index contributed by atoms with van der Waals surface area (Å²) in [6.45, 7) is 3.59. The molecule has 2 N–H and O–H groups in total. The average Bonchev–Trinajstić information content (AvgIpc) is 2.72. The number of hydrogen-bond acceptors (Lipinski definition) is 3. The molecule has 1 amide bonds. The van der Waals surface area contributed by atoms with Crippen molar-refractivity contribution in [3.05, 3.63) is 33.7 Å². The number of rotatable bonds is 2. The van der Waals surface area contributed by atoms with E-state index in [9.17, 15) is 19.5 Å². The number of carbonyl (C=O) groups excluding carboxylic acids is 1. The lowest BCUT2D eigenvalue weighted by atomic mass is 9.98. The van der Waals surface area contributed by atoms with Gasteiger partial charge in [0.25, 0.3) is 5.91 Å². The largest absolute Gasteiger partial charge is 0.480 e. The number of carboxylic acids is 1. The highest BCUT2D eigenvalue weighted by molar-refractivity contribution is 5.97. The van der Waals surface area contributed by atoms with Crippen LogP contribution in [0.2, 0.25) is 0 Å². The SMILES string of the molecule is Cc1cc(=O)c(C(=O)N2CCCC2(C)C(=O)O)c[nH]1. The zero-order valence-electron chi connectivity index (χ0n) is 10.9. The van der Waals surface area contributed by atoms with Crippen LogP contribution >= 0.6 is 0 Å². The van der Waals surface area contributed by atoms with E-state index < -0.39 is 17.4 Å². The maximum atomic E-state index is 12.3. The molecule has 19 heavy (non-hydrogen) atoms. The molecule has 0 aromatic carbocycles. The lowest BCUT2D eigenvalue weighted by molar-refractivity contribution is -0.147. The van der Waals surface area contributed by atoms with Crippen molar-refractivity contribution < 1.29 is 14.7 Å². The van der Waals surface area contributed by atoms with Gasteiger partial charge in [-0.1, -0.05) is 0 Å². The molecule has 1 aliphatic heterocycles. The summed E-state index contributed by atoms with van der Waals surface area (Å²) in [7, 11) is 0. The summed E-state index contributed by atoms with van der Waals surface area (Å²) < 4.78 is 0. The Morgan fingerprint density at radius 1 is 1.47 bits per heavy atom. The summed E-state index contributed by atoms with van der Waals surface area (Å²) in [4.78, 5) is 39.6. The molecule has 1 aromatic heterocycles. The average molecular weight is 264 g/mol. The summed E-state index contributed by atoms with van der Waals surface area (Å²) in [5.74, 6) is -1.56. The second kappa shape index (κ2) is 4.53. The first-order valence-electron chi connectivity index (χ1n) is 6.11. The predicted molar refractivity (Wildman–Crippen MR) is 68.1 cm³/mol. The number of hydrogen-bond donors (Lipinski definition) is 2. The van der Waals surface area contributed by atoms with Gasteiger partial charge in [-0.25, -0.2) is 4.79 Å². The Kier molecular flexibility index (Phi) is 3.18. The van der Waals surface area contributed by atoms with Gasteiger partial charge in [0.2, 0.25) is 0 Å². The molecule has 1 atom stereocenters. The van der Waals surface area contributed by atoms with Gasteiger partial charge in [-0.3, -0.25) is 9.59 Å². The van der Waals surface area contributed by atoms with Crippen LogP contribution in [-0.4, -0.2) is 39.0 Å². The van der Waals surface area contributed by atoms with E-state index in [1.165, 1.54) is 24.1 Å². The number of nitrogens with zero attached hydrogens (tertiary/aromatic N) is 1. The first-order chi connectivity index (χ1) is 8.86. The normalized spacial score (nSPS) is 22.5. The van der Waals surface area contributed by atoms with Gasteiger partial charge in [0.1, 0.15) is 11.1 Å². The van der Waals surface area contributed by atoms with Crippen LogP contribution in [0.3, 0.4) is 0 Å². The number of carboxylic acid groups (broad SMARTS) is 1. The van der Waals surface area contributed by atoms with Crippen LogP contribution in [0.25, 0.3) is 0 Å². The zero-order chi connectivity index (χ0) is 14.2. The minimum atomic E-state index is -1.23. The van der Waals surface area contributed by atoms with E-state index in [0.717, 1.165) is 0 Å². The lowest BCUT2D eigenvalue weighted by Crippen LogP contribution is -2.51. The number of carbonyl (C=O) groups is 2. The summed E-state index contributed by atoms with van der Waals surface area (Å²) >= 11 is 0. The molecule has 1 aromatic rings. The van der Waals surface area contributed by atoms with Crippen molar-refractivity contribution in [1.82, 2.24) is 9.88 Å². The van der Waals surface area contributed by atoms with Crippen LogP contribution in [0, 0.1) is 6.92 Å². The third-order valence-corrected chi connectivity index (χ3v) is 3.63. The smallest absolute Gasteiger partial charge is 0.329 e. The topological polar surface area (TPSA) is 90.5 Å². The van der Waals surface area contributed by atoms with Crippen LogP contribution in [-0.2, 0) is 4.79 Å². The number of H-pyrrole nitrogens is 1. The number of amides is 1. The van der Waals surface area contributed by atoms with E-state index in [-0.39, 0.29) is 11.0 Å².